The van der Waals surface area contributed by atoms with Crippen molar-refractivity contribution < 1.29 is 13.9 Å². The molecule has 0 saturated heterocycles. The minimum atomic E-state index is -0.676. The first-order valence-corrected chi connectivity index (χ1v) is 9.47. The molecular formula is C19H17N5O3S. The third kappa shape index (κ3) is 3.56. The summed E-state index contributed by atoms with van der Waals surface area (Å²) in [4.78, 5) is 17.6. The monoisotopic (exact) mass is 395 g/mol. The summed E-state index contributed by atoms with van der Waals surface area (Å²) < 4.78 is 12.8. The van der Waals surface area contributed by atoms with Crippen molar-refractivity contribution >= 4 is 17.3 Å². The van der Waals surface area contributed by atoms with Gasteiger partial charge in [-0.15, -0.1) is 21.5 Å². The van der Waals surface area contributed by atoms with Gasteiger partial charge in [-0.1, -0.05) is 6.07 Å². The molecule has 4 aromatic rings. The van der Waals surface area contributed by atoms with Gasteiger partial charge in [0, 0.05) is 11.9 Å². The lowest BCUT2D eigenvalue weighted by Crippen LogP contribution is -2.11. The van der Waals surface area contributed by atoms with Gasteiger partial charge in [0.15, 0.2) is 11.9 Å². The first kappa shape index (κ1) is 18.1. The molecule has 0 bridgehead atoms. The molecule has 1 unspecified atom stereocenters. The highest BCUT2D eigenvalue weighted by molar-refractivity contribution is 7.13. The molecule has 0 spiro atoms. The van der Waals surface area contributed by atoms with Gasteiger partial charge in [0.1, 0.15) is 0 Å². The number of nitrogens with zero attached hydrogens (tertiary/aromatic N) is 5. The summed E-state index contributed by atoms with van der Waals surface area (Å²) in [7, 11) is 0. The van der Waals surface area contributed by atoms with Crippen LogP contribution in [0.1, 0.15) is 40.7 Å². The van der Waals surface area contributed by atoms with Gasteiger partial charge < -0.3 is 9.15 Å². The molecule has 28 heavy (non-hydrogen) atoms. The van der Waals surface area contributed by atoms with E-state index in [2.05, 4.69) is 20.3 Å². The molecular weight excluding hydrogens is 378 g/mol. The number of ether oxygens (including phenoxy) is 1. The minimum Gasteiger partial charge on any atom is -0.449 e. The Morgan fingerprint density at radius 1 is 1.25 bits per heavy atom. The Hall–Kier alpha value is -3.33. The van der Waals surface area contributed by atoms with E-state index in [1.165, 1.54) is 17.5 Å². The summed E-state index contributed by atoms with van der Waals surface area (Å²) >= 11 is 1.49. The highest BCUT2D eigenvalue weighted by atomic mass is 32.1. The van der Waals surface area contributed by atoms with Crippen LogP contribution in [0.2, 0.25) is 0 Å². The number of carbonyl (C=O) groups excluding carboxylic acids is 1. The number of rotatable bonds is 5. The number of aromatic nitrogens is 5. The standard InChI is InChI=1S/C19H17N5O3S/c1-11-9-12(2)24(23-11)16-7-6-14(10-20-16)19(25)26-13(3)17-21-22-18(27-17)15-5-4-8-28-15/h4-10,13H,1-3H3. The minimum absolute atomic E-state index is 0.240. The third-order valence-electron chi connectivity index (χ3n) is 4.01. The topological polar surface area (TPSA) is 95.9 Å². The fourth-order valence-electron chi connectivity index (χ4n) is 2.67. The number of hydrogen-bond acceptors (Lipinski definition) is 8. The fourth-order valence-corrected chi connectivity index (χ4v) is 3.31. The molecule has 4 rings (SSSR count). The van der Waals surface area contributed by atoms with E-state index in [1.807, 2.05) is 37.4 Å². The number of aryl methyl sites for hydroxylation is 2. The van der Waals surface area contributed by atoms with Crippen LogP contribution >= 0.6 is 11.3 Å². The molecule has 142 valence electrons. The summed E-state index contributed by atoms with van der Waals surface area (Å²) in [6.07, 6.45) is 0.788. The van der Waals surface area contributed by atoms with Crippen LogP contribution in [0.15, 0.2) is 46.3 Å². The predicted molar refractivity (Wildman–Crippen MR) is 102 cm³/mol. The van der Waals surface area contributed by atoms with Crippen LogP contribution in [0, 0.1) is 13.8 Å². The molecule has 0 aliphatic rings. The van der Waals surface area contributed by atoms with Crippen molar-refractivity contribution in [1.82, 2.24) is 25.0 Å². The van der Waals surface area contributed by atoms with Gasteiger partial charge in [-0.3, -0.25) is 0 Å². The quantitative estimate of drug-likeness (QED) is 0.473. The first-order chi connectivity index (χ1) is 13.5. The number of pyridine rings is 1. The maximum absolute atomic E-state index is 12.4. The van der Waals surface area contributed by atoms with Crippen molar-refractivity contribution in [1.29, 1.82) is 0 Å². The van der Waals surface area contributed by atoms with Gasteiger partial charge in [0.2, 0.25) is 0 Å². The highest BCUT2D eigenvalue weighted by Crippen LogP contribution is 2.26. The maximum Gasteiger partial charge on any atom is 0.340 e. The summed E-state index contributed by atoms with van der Waals surface area (Å²) in [6.45, 7) is 5.54. The summed E-state index contributed by atoms with van der Waals surface area (Å²) in [6, 6.07) is 9.12. The first-order valence-electron chi connectivity index (χ1n) is 8.59. The molecule has 4 heterocycles. The Morgan fingerprint density at radius 3 is 2.75 bits per heavy atom. The van der Waals surface area contributed by atoms with E-state index in [4.69, 9.17) is 9.15 Å². The molecule has 8 nitrogen and oxygen atoms in total. The van der Waals surface area contributed by atoms with Crippen molar-refractivity contribution in [2.45, 2.75) is 26.9 Å². The lowest BCUT2D eigenvalue weighted by atomic mass is 10.3. The molecule has 0 N–H and O–H groups in total. The summed E-state index contributed by atoms with van der Waals surface area (Å²) in [5, 5.41) is 14.3. The molecule has 0 fully saturated rings. The molecule has 9 heteroatoms. The Morgan fingerprint density at radius 2 is 2.11 bits per heavy atom. The molecule has 1 atom stereocenters. The van der Waals surface area contributed by atoms with Crippen LogP contribution in [0.4, 0.5) is 0 Å². The predicted octanol–water partition coefficient (Wildman–Crippen LogP) is 3.91. The fraction of sp³-hybridized carbons (Fsp3) is 0.211. The second-order valence-corrected chi connectivity index (χ2v) is 7.16. The Balaban J connectivity index is 1.45. The SMILES string of the molecule is Cc1cc(C)n(-c2ccc(C(=O)OC(C)c3nnc(-c4cccs4)o3)cn2)n1. The number of carbonyl (C=O) groups is 1. The van der Waals surface area contributed by atoms with Crippen molar-refractivity contribution in [3.05, 3.63) is 64.8 Å². The van der Waals surface area contributed by atoms with Gasteiger partial charge in [-0.05, 0) is 50.4 Å². The number of esters is 1. The van der Waals surface area contributed by atoms with Crippen LogP contribution in [-0.4, -0.2) is 30.9 Å². The Bertz CT molecular complexity index is 1100. The zero-order valence-corrected chi connectivity index (χ0v) is 16.3. The van der Waals surface area contributed by atoms with Crippen LogP contribution in [0.3, 0.4) is 0 Å². The van der Waals surface area contributed by atoms with Gasteiger partial charge >= 0.3 is 5.97 Å². The molecule has 0 aromatic carbocycles. The van der Waals surface area contributed by atoms with Crippen LogP contribution in [0.5, 0.6) is 0 Å². The normalized spacial score (nSPS) is 12.1. The lowest BCUT2D eigenvalue weighted by molar-refractivity contribution is 0.0279. The Labute approximate surface area is 164 Å². The van der Waals surface area contributed by atoms with Crippen molar-refractivity contribution in [2.75, 3.05) is 0 Å². The average Bonchev–Trinajstić information content (AvgIpc) is 3.42. The smallest absolute Gasteiger partial charge is 0.340 e. The van der Waals surface area contributed by atoms with E-state index in [0.717, 1.165) is 16.3 Å². The van der Waals surface area contributed by atoms with Crippen LogP contribution in [-0.2, 0) is 4.74 Å². The molecule has 0 saturated carbocycles. The zero-order chi connectivity index (χ0) is 19.7. The Kier molecular flexibility index (Phi) is 4.74. The van der Waals surface area contributed by atoms with Gasteiger partial charge in [0.25, 0.3) is 11.8 Å². The van der Waals surface area contributed by atoms with E-state index in [0.29, 0.717) is 17.3 Å². The molecule has 0 aliphatic carbocycles. The lowest BCUT2D eigenvalue weighted by Gasteiger charge is -2.09. The number of thiophene rings is 1. The maximum atomic E-state index is 12.4. The van der Waals surface area contributed by atoms with Crippen LogP contribution < -0.4 is 0 Å². The number of hydrogen-bond donors (Lipinski definition) is 0. The summed E-state index contributed by atoms with van der Waals surface area (Å²) in [5.41, 5.74) is 2.19. The second kappa shape index (κ2) is 7.35. The van der Waals surface area contributed by atoms with E-state index in [-0.39, 0.29) is 5.89 Å². The zero-order valence-electron chi connectivity index (χ0n) is 15.5. The van der Waals surface area contributed by atoms with Crippen molar-refractivity contribution in [3.63, 3.8) is 0 Å². The van der Waals surface area contributed by atoms with Gasteiger partial charge in [0.05, 0.1) is 16.1 Å². The largest absolute Gasteiger partial charge is 0.449 e. The van der Waals surface area contributed by atoms with Crippen molar-refractivity contribution in [2.24, 2.45) is 0 Å². The van der Waals surface area contributed by atoms with E-state index in [1.54, 1.807) is 23.7 Å². The summed E-state index contributed by atoms with van der Waals surface area (Å²) in [5.74, 6) is 0.760. The van der Waals surface area contributed by atoms with Gasteiger partial charge in [-0.25, -0.2) is 14.5 Å². The van der Waals surface area contributed by atoms with Crippen LogP contribution in [0.25, 0.3) is 16.6 Å². The highest BCUT2D eigenvalue weighted by Gasteiger charge is 2.20. The molecule has 0 radical (unpaired) electrons. The molecule has 0 aliphatic heterocycles. The molecule has 0 amide bonds. The van der Waals surface area contributed by atoms with E-state index < -0.39 is 12.1 Å². The second-order valence-electron chi connectivity index (χ2n) is 6.21. The van der Waals surface area contributed by atoms with Crippen molar-refractivity contribution in [3.8, 4) is 16.6 Å². The third-order valence-corrected chi connectivity index (χ3v) is 4.87. The average molecular weight is 395 g/mol. The van der Waals surface area contributed by atoms with Gasteiger partial charge in [-0.2, -0.15) is 5.10 Å². The molecule has 4 aromatic heterocycles. The van der Waals surface area contributed by atoms with E-state index in [9.17, 15) is 4.79 Å². The van der Waals surface area contributed by atoms with E-state index >= 15 is 0 Å².